The van der Waals surface area contributed by atoms with Crippen LogP contribution < -0.4 is 10.2 Å². The Bertz CT molecular complexity index is 922. The lowest BCUT2D eigenvalue weighted by molar-refractivity contribution is 0.306. The van der Waals surface area contributed by atoms with Gasteiger partial charge in [0.15, 0.2) is 0 Å². The van der Waals surface area contributed by atoms with Gasteiger partial charge in [-0.15, -0.1) is 0 Å². The van der Waals surface area contributed by atoms with Gasteiger partial charge in [0.25, 0.3) is 0 Å². The molecule has 1 aliphatic heterocycles. The van der Waals surface area contributed by atoms with Crippen molar-refractivity contribution in [2.45, 2.75) is 38.8 Å². The van der Waals surface area contributed by atoms with E-state index in [-0.39, 0.29) is 11.9 Å². The van der Waals surface area contributed by atoms with E-state index in [9.17, 15) is 4.39 Å². The van der Waals surface area contributed by atoms with Crippen LogP contribution in [0.4, 0.5) is 10.1 Å². The van der Waals surface area contributed by atoms with Crippen LogP contribution in [0.3, 0.4) is 0 Å². The minimum atomic E-state index is -0.236. The highest BCUT2D eigenvalue weighted by Crippen LogP contribution is 2.23. The molecule has 146 valence electrons. The maximum Gasteiger partial charge on any atom is 0.243 e. The SMILES string of the molecule is Cc1cc(-c2noc(C(C)NC3CCN(c4ccncc4)CC3)n2)ccc1F. The Morgan fingerprint density at radius 1 is 1.18 bits per heavy atom. The molecule has 0 spiro atoms. The van der Waals surface area contributed by atoms with Gasteiger partial charge in [-0.3, -0.25) is 4.98 Å². The summed E-state index contributed by atoms with van der Waals surface area (Å²) in [5, 5.41) is 7.66. The lowest BCUT2D eigenvalue weighted by atomic mass is 10.0. The van der Waals surface area contributed by atoms with Crippen LogP contribution in [0.25, 0.3) is 11.4 Å². The van der Waals surface area contributed by atoms with Gasteiger partial charge < -0.3 is 14.7 Å². The number of nitrogens with one attached hydrogen (secondary N) is 1. The van der Waals surface area contributed by atoms with Crippen LogP contribution >= 0.6 is 0 Å². The Hall–Kier alpha value is -2.80. The zero-order chi connectivity index (χ0) is 19.5. The third kappa shape index (κ3) is 4.04. The quantitative estimate of drug-likeness (QED) is 0.723. The molecule has 28 heavy (non-hydrogen) atoms. The molecule has 0 amide bonds. The van der Waals surface area contributed by atoms with Crippen LogP contribution in [0.1, 0.15) is 37.3 Å². The summed E-state index contributed by atoms with van der Waals surface area (Å²) >= 11 is 0. The van der Waals surface area contributed by atoms with Crippen LogP contribution in [0.15, 0.2) is 47.2 Å². The van der Waals surface area contributed by atoms with Crippen molar-refractivity contribution >= 4 is 5.69 Å². The van der Waals surface area contributed by atoms with Crippen LogP contribution in [0.5, 0.6) is 0 Å². The summed E-state index contributed by atoms with van der Waals surface area (Å²) in [6, 6.07) is 9.29. The number of anilines is 1. The Labute approximate surface area is 163 Å². The van der Waals surface area contributed by atoms with Crippen molar-refractivity contribution < 1.29 is 8.91 Å². The van der Waals surface area contributed by atoms with Crippen LogP contribution in [-0.2, 0) is 0 Å². The molecule has 3 aromatic rings. The maximum atomic E-state index is 13.5. The summed E-state index contributed by atoms with van der Waals surface area (Å²) in [5.74, 6) is 0.799. The molecule has 1 saturated heterocycles. The van der Waals surface area contributed by atoms with Gasteiger partial charge in [0.2, 0.25) is 11.7 Å². The smallest absolute Gasteiger partial charge is 0.243 e. The summed E-state index contributed by atoms with van der Waals surface area (Å²) in [4.78, 5) is 11.0. The predicted octanol–water partition coefficient (Wildman–Crippen LogP) is 3.90. The minimum absolute atomic E-state index is 0.0414. The lowest BCUT2D eigenvalue weighted by Gasteiger charge is -2.34. The highest BCUT2D eigenvalue weighted by Gasteiger charge is 2.23. The lowest BCUT2D eigenvalue weighted by Crippen LogP contribution is -2.43. The maximum absolute atomic E-state index is 13.5. The van der Waals surface area contributed by atoms with E-state index in [1.807, 2.05) is 31.5 Å². The van der Waals surface area contributed by atoms with Crippen molar-refractivity contribution in [3.63, 3.8) is 0 Å². The molecule has 1 N–H and O–H groups in total. The fourth-order valence-corrected chi connectivity index (χ4v) is 3.60. The third-order valence-corrected chi connectivity index (χ3v) is 5.24. The second-order valence-electron chi connectivity index (χ2n) is 7.28. The largest absolute Gasteiger partial charge is 0.371 e. The number of hydrogen-bond acceptors (Lipinski definition) is 6. The Balaban J connectivity index is 1.35. The molecule has 1 aliphatic rings. The average molecular weight is 381 g/mol. The summed E-state index contributed by atoms with van der Waals surface area (Å²) in [6.45, 7) is 5.75. The van der Waals surface area contributed by atoms with Crippen LogP contribution in [0, 0.1) is 12.7 Å². The van der Waals surface area contributed by atoms with Crippen molar-refractivity contribution in [1.29, 1.82) is 0 Å². The summed E-state index contributed by atoms with van der Waals surface area (Å²) < 4.78 is 18.9. The summed E-state index contributed by atoms with van der Waals surface area (Å²) in [7, 11) is 0. The standard InChI is InChI=1S/C21H24FN5O/c1-14-13-16(3-4-19(14)22)20-25-21(28-26-20)15(2)24-17-7-11-27(12-8-17)18-5-9-23-10-6-18/h3-6,9-10,13,15,17,24H,7-8,11-12H2,1-2H3. The molecule has 3 heterocycles. The average Bonchev–Trinajstić information content (AvgIpc) is 3.22. The molecule has 1 aromatic carbocycles. The molecule has 0 saturated carbocycles. The molecule has 1 unspecified atom stereocenters. The molecule has 0 aliphatic carbocycles. The summed E-state index contributed by atoms with van der Waals surface area (Å²) in [6.07, 6.45) is 5.75. The van der Waals surface area contributed by atoms with E-state index in [2.05, 4.69) is 25.3 Å². The van der Waals surface area contributed by atoms with Gasteiger partial charge in [-0.2, -0.15) is 4.98 Å². The van der Waals surface area contributed by atoms with Crippen molar-refractivity contribution in [3.8, 4) is 11.4 Å². The molecule has 0 bridgehead atoms. The number of halogens is 1. The predicted molar refractivity (Wildman–Crippen MR) is 105 cm³/mol. The number of piperidine rings is 1. The first kappa shape index (κ1) is 18.6. The van der Waals surface area contributed by atoms with Gasteiger partial charge in [0, 0.05) is 42.8 Å². The molecule has 7 heteroatoms. The van der Waals surface area contributed by atoms with Gasteiger partial charge in [0.1, 0.15) is 5.82 Å². The van der Waals surface area contributed by atoms with E-state index in [4.69, 9.17) is 4.52 Å². The van der Waals surface area contributed by atoms with E-state index in [1.54, 1.807) is 19.1 Å². The number of rotatable bonds is 5. The van der Waals surface area contributed by atoms with Crippen LogP contribution in [0.2, 0.25) is 0 Å². The van der Waals surface area contributed by atoms with E-state index in [0.29, 0.717) is 23.3 Å². The first-order valence-corrected chi connectivity index (χ1v) is 9.61. The topological polar surface area (TPSA) is 67.1 Å². The Kier molecular flexibility index (Phi) is 5.34. The fraction of sp³-hybridized carbons (Fsp3) is 0.381. The van der Waals surface area contributed by atoms with E-state index in [0.717, 1.165) is 31.5 Å². The van der Waals surface area contributed by atoms with E-state index in [1.165, 1.54) is 11.8 Å². The molecule has 1 fully saturated rings. The zero-order valence-electron chi connectivity index (χ0n) is 16.1. The van der Waals surface area contributed by atoms with Gasteiger partial charge in [0.05, 0.1) is 6.04 Å². The Morgan fingerprint density at radius 3 is 2.64 bits per heavy atom. The molecular weight excluding hydrogens is 357 g/mol. The van der Waals surface area contributed by atoms with E-state index >= 15 is 0 Å². The highest BCUT2D eigenvalue weighted by atomic mass is 19.1. The minimum Gasteiger partial charge on any atom is -0.371 e. The van der Waals surface area contributed by atoms with Crippen LogP contribution in [-0.4, -0.2) is 34.3 Å². The molecule has 2 aromatic heterocycles. The number of pyridine rings is 1. The molecule has 6 nitrogen and oxygen atoms in total. The first-order valence-electron chi connectivity index (χ1n) is 9.61. The van der Waals surface area contributed by atoms with Gasteiger partial charge >= 0.3 is 0 Å². The number of nitrogens with zero attached hydrogens (tertiary/aromatic N) is 4. The fourth-order valence-electron chi connectivity index (χ4n) is 3.60. The summed E-state index contributed by atoms with van der Waals surface area (Å²) in [5.41, 5.74) is 2.54. The second-order valence-corrected chi connectivity index (χ2v) is 7.28. The van der Waals surface area contributed by atoms with Gasteiger partial charge in [-0.05, 0) is 62.6 Å². The number of benzene rings is 1. The molecule has 4 rings (SSSR count). The van der Waals surface area contributed by atoms with E-state index < -0.39 is 0 Å². The molecule has 0 radical (unpaired) electrons. The third-order valence-electron chi connectivity index (χ3n) is 5.24. The zero-order valence-corrected chi connectivity index (χ0v) is 16.1. The number of aromatic nitrogens is 3. The number of hydrogen-bond donors (Lipinski definition) is 1. The van der Waals surface area contributed by atoms with Crippen molar-refractivity contribution in [3.05, 3.63) is 60.0 Å². The van der Waals surface area contributed by atoms with Crippen molar-refractivity contribution in [2.75, 3.05) is 18.0 Å². The highest BCUT2D eigenvalue weighted by molar-refractivity contribution is 5.55. The van der Waals surface area contributed by atoms with Crippen molar-refractivity contribution in [1.82, 2.24) is 20.4 Å². The van der Waals surface area contributed by atoms with Gasteiger partial charge in [-0.1, -0.05) is 5.16 Å². The molecular formula is C21H24FN5O. The monoisotopic (exact) mass is 381 g/mol. The van der Waals surface area contributed by atoms with Crippen molar-refractivity contribution in [2.24, 2.45) is 0 Å². The second kappa shape index (κ2) is 8.06. The van der Waals surface area contributed by atoms with Gasteiger partial charge in [-0.25, -0.2) is 4.39 Å². The normalized spacial score (nSPS) is 16.3. The molecule has 1 atom stereocenters. The Morgan fingerprint density at radius 2 is 1.93 bits per heavy atom. The number of aryl methyl sites for hydroxylation is 1. The first-order chi connectivity index (χ1) is 13.6.